The highest BCUT2D eigenvalue weighted by atomic mass is 16.5. The monoisotopic (exact) mass is 281 g/mol. The van der Waals surface area contributed by atoms with Gasteiger partial charge in [-0.2, -0.15) is 0 Å². The molecule has 0 aromatic heterocycles. The van der Waals surface area contributed by atoms with E-state index >= 15 is 0 Å². The van der Waals surface area contributed by atoms with Crippen LogP contribution in [0.3, 0.4) is 0 Å². The van der Waals surface area contributed by atoms with E-state index in [1.807, 2.05) is 38.1 Å². The topological polar surface area (TPSA) is 61.7 Å². The van der Waals surface area contributed by atoms with Gasteiger partial charge in [0, 0.05) is 6.04 Å². The average Bonchev–Trinajstić information content (AvgIpc) is 2.51. The minimum absolute atomic E-state index is 0.0504. The molecule has 0 amide bonds. The lowest BCUT2D eigenvalue weighted by molar-refractivity contribution is 0.0793. The minimum atomic E-state index is -0.628. The first-order chi connectivity index (χ1) is 9.60. The molecule has 1 rings (SSSR count). The van der Waals surface area contributed by atoms with Gasteiger partial charge in [0.15, 0.2) is 0 Å². The summed E-state index contributed by atoms with van der Waals surface area (Å²) in [7, 11) is 0. The molecule has 0 aliphatic heterocycles. The van der Waals surface area contributed by atoms with Gasteiger partial charge in [-0.3, -0.25) is 0 Å². The van der Waals surface area contributed by atoms with Crippen LogP contribution in [0.25, 0.3) is 0 Å². The molecule has 4 heteroatoms. The lowest BCUT2D eigenvalue weighted by atomic mass is 9.95. The van der Waals surface area contributed by atoms with E-state index < -0.39 is 5.54 Å². The van der Waals surface area contributed by atoms with E-state index in [1.165, 1.54) is 0 Å². The molecule has 0 heterocycles. The number of hydrogen-bond acceptors (Lipinski definition) is 4. The van der Waals surface area contributed by atoms with Crippen molar-refractivity contribution < 1.29 is 14.9 Å². The zero-order chi connectivity index (χ0) is 15.0. The Balaban J connectivity index is 2.69. The third-order valence-electron chi connectivity index (χ3n) is 3.66. The Morgan fingerprint density at radius 1 is 1.15 bits per heavy atom. The van der Waals surface area contributed by atoms with E-state index in [9.17, 15) is 10.2 Å². The van der Waals surface area contributed by atoms with Gasteiger partial charge in [-0.1, -0.05) is 26.0 Å². The van der Waals surface area contributed by atoms with Crippen molar-refractivity contribution in [1.29, 1.82) is 0 Å². The largest absolute Gasteiger partial charge is 0.494 e. The van der Waals surface area contributed by atoms with E-state index in [2.05, 4.69) is 12.2 Å². The zero-order valence-electron chi connectivity index (χ0n) is 12.7. The Labute approximate surface area is 121 Å². The summed E-state index contributed by atoms with van der Waals surface area (Å²) in [6.45, 7) is 6.62. The molecule has 1 atom stereocenters. The standard InChI is InChI=1S/C16H27NO3/c1-4-10-20-15-8-6-14(7-9-15)13(3)17-16(5-2,11-18)12-19/h6-9,13,17-19H,4-5,10-12H2,1-3H3. The number of aliphatic hydroxyl groups is 2. The van der Waals surface area contributed by atoms with E-state index in [1.54, 1.807) is 0 Å². The fourth-order valence-corrected chi connectivity index (χ4v) is 2.08. The molecule has 0 saturated carbocycles. The summed E-state index contributed by atoms with van der Waals surface area (Å²) in [6.07, 6.45) is 1.66. The summed E-state index contributed by atoms with van der Waals surface area (Å²) in [5, 5.41) is 22.3. The van der Waals surface area contributed by atoms with Crippen molar-refractivity contribution >= 4 is 0 Å². The van der Waals surface area contributed by atoms with Crippen LogP contribution in [0.4, 0.5) is 0 Å². The van der Waals surface area contributed by atoms with Gasteiger partial charge in [0.05, 0.1) is 25.4 Å². The highest BCUT2D eigenvalue weighted by Gasteiger charge is 2.28. The van der Waals surface area contributed by atoms with Gasteiger partial charge in [-0.05, 0) is 37.5 Å². The van der Waals surface area contributed by atoms with Crippen molar-refractivity contribution in [2.75, 3.05) is 19.8 Å². The molecule has 0 saturated heterocycles. The van der Waals surface area contributed by atoms with Crippen LogP contribution in [0, 0.1) is 0 Å². The highest BCUT2D eigenvalue weighted by molar-refractivity contribution is 5.29. The molecule has 0 fully saturated rings. The van der Waals surface area contributed by atoms with Crippen molar-refractivity contribution in [1.82, 2.24) is 5.32 Å². The fraction of sp³-hybridized carbons (Fsp3) is 0.625. The lowest BCUT2D eigenvalue weighted by Crippen LogP contribution is -2.52. The first kappa shape index (κ1) is 17.0. The molecule has 0 spiro atoms. The first-order valence-electron chi connectivity index (χ1n) is 7.33. The number of benzene rings is 1. The molecular formula is C16H27NO3. The molecule has 1 aromatic carbocycles. The van der Waals surface area contributed by atoms with E-state index in [0.29, 0.717) is 6.42 Å². The Morgan fingerprint density at radius 2 is 1.75 bits per heavy atom. The second-order valence-corrected chi connectivity index (χ2v) is 5.23. The second kappa shape index (κ2) is 8.25. The molecule has 0 aliphatic rings. The smallest absolute Gasteiger partial charge is 0.119 e. The van der Waals surface area contributed by atoms with Crippen LogP contribution in [0.1, 0.15) is 45.2 Å². The van der Waals surface area contributed by atoms with Crippen LogP contribution >= 0.6 is 0 Å². The van der Waals surface area contributed by atoms with Crippen molar-refractivity contribution in [3.8, 4) is 5.75 Å². The Morgan fingerprint density at radius 3 is 2.20 bits per heavy atom. The van der Waals surface area contributed by atoms with Gasteiger partial charge in [-0.25, -0.2) is 0 Å². The summed E-state index contributed by atoms with van der Waals surface area (Å²) >= 11 is 0. The summed E-state index contributed by atoms with van der Waals surface area (Å²) in [4.78, 5) is 0. The molecule has 0 radical (unpaired) electrons. The molecule has 3 N–H and O–H groups in total. The van der Waals surface area contributed by atoms with Gasteiger partial charge in [0.1, 0.15) is 5.75 Å². The van der Waals surface area contributed by atoms with Crippen molar-refractivity contribution in [3.05, 3.63) is 29.8 Å². The number of rotatable bonds is 9. The van der Waals surface area contributed by atoms with Gasteiger partial charge in [-0.15, -0.1) is 0 Å². The molecule has 0 bridgehead atoms. The Kier molecular flexibility index (Phi) is 6.99. The number of ether oxygens (including phenoxy) is 1. The normalized spacial score (nSPS) is 13.2. The van der Waals surface area contributed by atoms with E-state index in [4.69, 9.17) is 4.74 Å². The van der Waals surface area contributed by atoms with Gasteiger partial charge < -0.3 is 20.3 Å². The molecule has 20 heavy (non-hydrogen) atoms. The molecule has 1 aromatic rings. The van der Waals surface area contributed by atoms with Gasteiger partial charge in [0.25, 0.3) is 0 Å². The maximum atomic E-state index is 9.47. The zero-order valence-corrected chi connectivity index (χ0v) is 12.7. The molecule has 0 aliphatic carbocycles. The van der Waals surface area contributed by atoms with Crippen LogP contribution in [-0.4, -0.2) is 35.6 Å². The predicted octanol–water partition coefficient (Wildman–Crippen LogP) is 2.26. The van der Waals surface area contributed by atoms with Crippen LogP contribution in [0.2, 0.25) is 0 Å². The number of hydrogen-bond donors (Lipinski definition) is 3. The van der Waals surface area contributed by atoms with Crippen LogP contribution < -0.4 is 10.1 Å². The van der Waals surface area contributed by atoms with E-state index in [0.717, 1.165) is 24.3 Å². The molecule has 1 unspecified atom stereocenters. The van der Waals surface area contributed by atoms with Crippen molar-refractivity contribution in [2.24, 2.45) is 0 Å². The predicted molar refractivity (Wildman–Crippen MR) is 81.0 cm³/mol. The summed E-state index contributed by atoms with van der Waals surface area (Å²) in [5.74, 6) is 0.869. The van der Waals surface area contributed by atoms with Gasteiger partial charge in [0.2, 0.25) is 0 Å². The molecule has 114 valence electrons. The average molecular weight is 281 g/mol. The third-order valence-corrected chi connectivity index (χ3v) is 3.66. The van der Waals surface area contributed by atoms with Crippen LogP contribution in [0.5, 0.6) is 5.75 Å². The maximum Gasteiger partial charge on any atom is 0.119 e. The summed E-state index contributed by atoms with van der Waals surface area (Å²) < 4.78 is 5.55. The SMILES string of the molecule is CCCOc1ccc(C(C)NC(CC)(CO)CO)cc1. The van der Waals surface area contributed by atoms with Crippen molar-refractivity contribution in [3.63, 3.8) is 0 Å². The quantitative estimate of drug-likeness (QED) is 0.650. The van der Waals surface area contributed by atoms with Crippen LogP contribution in [-0.2, 0) is 0 Å². The first-order valence-corrected chi connectivity index (χ1v) is 7.33. The maximum absolute atomic E-state index is 9.47. The van der Waals surface area contributed by atoms with Crippen LogP contribution in [0.15, 0.2) is 24.3 Å². The summed E-state index contributed by atoms with van der Waals surface area (Å²) in [6, 6.07) is 7.98. The number of nitrogens with one attached hydrogen (secondary N) is 1. The van der Waals surface area contributed by atoms with Crippen molar-refractivity contribution in [2.45, 2.75) is 45.2 Å². The summed E-state index contributed by atoms with van der Waals surface area (Å²) in [5.41, 5.74) is 0.477. The second-order valence-electron chi connectivity index (χ2n) is 5.23. The minimum Gasteiger partial charge on any atom is -0.494 e. The van der Waals surface area contributed by atoms with E-state index in [-0.39, 0.29) is 19.3 Å². The number of aliphatic hydroxyl groups excluding tert-OH is 2. The van der Waals surface area contributed by atoms with Gasteiger partial charge >= 0.3 is 0 Å². The Bertz CT molecular complexity index is 366. The fourth-order valence-electron chi connectivity index (χ4n) is 2.08. The Hall–Kier alpha value is -1.10. The lowest BCUT2D eigenvalue weighted by Gasteiger charge is -2.33. The highest BCUT2D eigenvalue weighted by Crippen LogP contribution is 2.21. The molecular weight excluding hydrogens is 254 g/mol. The third kappa shape index (κ3) is 4.47. The molecule has 4 nitrogen and oxygen atoms in total.